The molecule has 1 saturated carbocycles. The van der Waals surface area contributed by atoms with Crippen LogP contribution in [-0.2, 0) is 47.4 Å². The molecule has 6 atom stereocenters. The first-order valence-electron chi connectivity index (χ1n) is 18.5. The Morgan fingerprint density at radius 2 is 1.54 bits per heavy atom. The van der Waals surface area contributed by atoms with Gasteiger partial charge in [-0.05, 0) is 91.8 Å². The maximum absolute atomic E-state index is 15.2. The Hall–Kier alpha value is -4.54. The third kappa shape index (κ3) is 6.57. The van der Waals surface area contributed by atoms with Crippen molar-refractivity contribution in [1.82, 2.24) is 9.80 Å². The molecule has 0 aromatic heterocycles. The zero-order valence-corrected chi connectivity index (χ0v) is 31.3. The molecule has 3 aromatic rings. The van der Waals surface area contributed by atoms with Crippen LogP contribution in [0.1, 0.15) is 61.3 Å². The standard InChI is InChI=1S/C40H38F8N2O6S/c1-23-19-26(7-14-31(23)35(52)50-29(22-56-36(50)53)20-24-5-3-2-4-6-24)34(51)49-18-17-37(57(54,55)30-12-10-28(41)11-13-30)32-15-9-27(21-25(32)8-16-33(37)49)38(42,39(43,44)45)40(46,47)48/h2-6,9-13,15,21,23,26,29,31,33H,7-8,14,16-20,22H2,1H3/t23-,26-,29-,31-,33-,37-/m1/s1. The average Bonchev–Trinajstić information content (AvgIpc) is 3.74. The molecule has 4 aliphatic rings. The van der Waals surface area contributed by atoms with E-state index in [0.717, 1.165) is 40.8 Å². The molecular formula is C40H38F8N2O6S. The van der Waals surface area contributed by atoms with Gasteiger partial charge in [-0.1, -0.05) is 55.5 Å². The SMILES string of the molecule is C[C@@H]1C[C@H](C(=O)N2CC[C@@]3(S(=O)(=O)c4ccc(F)cc4)c4ccc(C(F)(C(F)(F)F)C(F)(F)F)cc4CC[C@@H]23)CC[C@H]1C(=O)N1C(=O)OC[C@H]1Cc1ccccc1. The summed E-state index contributed by atoms with van der Waals surface area (Å²) in [5, 5.41) is 0. The molecule has 2 heterocycles. The van der Waals surface area contributed by atoms with E-state index in [-0.39, 0.29) is 73.8 Å². The summed E-state index contributed by atoms with van der Waals surface area (Å²) >= 11 is 0. The number of nitrogens with zero attached hydrogens (tertiary/aromatic N) is 2. The lowest BCUT2D eigenvalue weighted by atomic mass is 9.73. The van der Waals surface area contributed by atoms with Crippen molar-refractivity contribution in [3.63, 3.8) is 0 Å². The minimum Gasteiger partial charge on any atom is -0.447 e. The van der Waals surface area contributed by atoms with E-state index in [1.165, 1.54) is 4.90 Å². The number of fused-ring (bicyclic) bond motifs is 3. The normalized spacial score (nSPS) is 26.8. The Balaban J connectivity index is 1.17. The van der Waals surface area contributed by atoms with E-state index in [9.17, 15) is 53.5 Å². The van der Waals surface area contributed by atoms with Crippen LogP contribution in [-0.4, -0.2) is 73.7 Å². The second-order valence-electron chi connectivity index (χ2n) is 15.4. The van der Waals surface area contributed by atoms with E-state index in [0.29, 0.717) is 12.5 Å². The van der Waals surface area contributed by atoms with Crippen molar-refractivity contribution in [1.29, 1.82) is 0 Å². The Kier molecular flexibility index (Phi) is 10.3. The van der Waals surface area contributed by atoms with Crippen LogP contribution in [0, 0.1) is 23.6 Å². The number of imide groups is 1. The van der Waals surface area contributed by atoms with Crippen molar-refractivity contribution < 1.29 is 62.7 Å². The van der Waals surface area contributed by atoms with Gasteiger partial charge in [-0.15, -0.1) is 0 Å². The minimum absolute atomic E-state index is 0.0321. The molecule has 17 heteroatoms. The average molecular weight is 827 g/mol. The van der Waals surface area contributed by atoms with Gasteiger partial charge in [0.25, 0.3) is 0 Å². The van der Waals surface area contributed by atoms with Gasteiger partial charge in [0.2, 0.25) is 11.8 Å². The maximum Gasteiger partial charge on any atom is 0.435 e. The first kappa shape index (κ1) is 40.6. The molecular weight excluding hydrogens is 788 g/mol. The quantitative estimate of drug-likeness (QED) is 0.177. The van der Waals surface area contributed by atoms with Gasteiger partial charge in [-0.25, -0.2) is 26.9 Å². The lowest BCUT2D eigenvalue weighted by molar-refractivity contribution is -0.348. The fourth-order valence-electron chi connectivity index (χ4n) is 9.49. The summed E-state index contributed by atoms with van der Waals surface area (Å²) in [7, 11) is -4.66. The molecule has 7 rings (SSSR count). The lowest BCUT2D eigenvalue weighted by Crippen LogP contribution is -2.54. The number of sulfone groups is 1. The zero-order valence-electron chi connectivity index (χ0n) is 30.5. The van der Waals surface area contributed by atoms with Crippen LogP contribution in [0.3, 0.4) is 0 Å². The minimum atomic E-state index is -6.40. The number of aryl methyl sites for hydroxylation is 1. The molecule has 3 amide bonds. The third-order valence-corrected chi connectivity index (χ3v) is 14.8. The van der Waals surface area contributed by atoms with Crippen molar-refractivity contribution >= 4 is 27.7 Å². The number of carbonyl (C=O) groups is 3. The third-order valence-electron chi connectivity index (χ3n) is 12.3. The van der Waals surface area contributed by atoms with Gasteiger partial charge in [0.05, 0.1) is 17.0 Å². The van der Waals surface area contributed by atoms with Gasteiger partial charge in [-0.2, -0.15) is 26.3 Å². The Bertz CT molecular complexity index is 2150. The molecule has 0 spiro atoms. The van der Waals surface area contributed by atoms with Crippen molar-refractivity contribution in [2.45, 2.75) is 91.6 Å². The Labute approximate surface area is 323 Å². The first-order valence-corrected chi connectivity index (χ1v) is 20.0. The molecule has 3 fully saturated rings. The van der Waals surface area contributed by atoms with E-state index in [2.05, 4.69) is 0 Å². The lowest BCUT2D eigenvalue weighted by Gasteiger charge is -2.44. The number of halogens is 8. The highest BCUT2D eigenvalue weighted by molar-refractivity contribution is 7.92. The summed E-state index contributed by atoms with van der Waals surface area (Å²) in [6, 6.07) is 12.8. The van der Waals surface area contributed by atoms with Crippen LogP contribution in [0.25, 0.3) is 0 Å². The monoisotopic (exact) mass is 826 g/mol. The van der Waals surface area contributed by atoms with E-state index < -0.39 is 91.7 Å². The van der Waals surface area contributed by atoms with Crippen molar-refractivity contribution in [2.75, 3.05) is 13.2 Å². The number of benzene rings is 3. The van der Waals surface area contributed by atoms with Crippen LogP contribution in [0.2, 0.25) is 0 Å². The van der Waals surface area contributed by atoms with Crippen LogP contribution < -0.4 is 0 Å². The topological polar surface area (TPSA) is 101 Å². The highest BCUT2D eigenvalue weighted by Gasteiger charge is 2.74. The predicted molar refractivity (Wildman–Crippen MR) is 187 cm³/mol. The summed E-state index contributed by atoms with van der Waals surface area (Å²) < 4.78 is 144. The smallest absolute Gasteiger partial charge is 0.435 e. The zero-order chi connectivity index (χ0) is 41.3. The van der Waals surface area contributed by atoms with Gasteiger partial charge in [0.1, 0.15) is 17.2 Å². The van der Waals surface area contributed by atoms with Crippen LogP contribution in [0.4, 0.5) is 39.9 Å². The summed E-state index contributed by atoms with van der Waals surface area (Å²) in [5.41, 5.74) is -7.01. The van der Waals surface area contributed by atoms with Crippen LogP contribution in [0.15, 0.2) is 77.7 Å². The first-order chi connectivity index (χ1) is 26.7. The van der Waals surface area contributed by atoms with E-state index >= 15 is 4.39 Å². The van der Waals surface area contributed by atoms with E-state index in [1.807, 2.05) is 30.3 Å². The van der Waals surface area contributed by atoms with Gasteiger partial charge in [0, 0.05) is 23.9 Å². The fourth-order valence-corrected chi connectivity index (χ4v) is 11.9. The summed E-state index contributed by atoms with van der Waals surface area (Å²) in [6.07, 6.45) is -13.3. The molecule has 0 N–H and O–H groups in total. The van der Waals surface area contributed by atoms with E-state index in [4.69, 9.17) is 4.74 Å². The van der Waals surface area contributed by atoms with Crippen LogP contribution >= 0.6 is 0 Å². The highest BCUT2D eigenvalue weighted by atomic mass is 32.2. The Morgan fingerprint density at radius 1 is 0.877 bits per heavy atom. The molecule has 3 aromatic carbocycles. The molecule has 2 aliphatic heterocycles. The number of ether oxygens (including phenoxy) is 1. The largest absolute Gasteiger partial charge is 0.447 e. The number of rotatable bonds is 7. The molecule has 2 aliphatic carbocycles. The maximum atomic E-state index is 15.2. The summed E-state index contributed by atoms with van der Waals surface area (Å²) in [6.45, 7) is 1.66. The predicted octanol–water partition coefficient (Wildman–Crippen LogP) is 7.97. The number of carbonyl (C=O) groups excluding carboxylic acids is 3. The van der Waals surface area contributed by atoms with Gasteiger partial charge < -0.3 is 9.64 Å². The van der Waals surface area contributed by atoms with Crippen molar-refractivity contribution in [2.24, 2.45) is 17.8 Å². The van der Waals surface area contributed by atoms with Crippen LogP contribution in [0.5, 0.6) is 0 Å². The molecule has 0 bridgehead atoms. The second kappa shape index (κ2) is 14.4. The molecule has 8 nitrogen and oxygen atoms in total. The van der Waals surface area contributed by atoms with Gasteiger partial charge in [-0.3, -0.25) is 9.59 Å². The number of amides is 3. The molecule has 57 heavy (non-hydrogen) atoms. The molecule has 0 radical (unpaired) electrons. The number of cyclic esters (lactones) is 1. The van der Waals surface area contributed by atoms with Crippen molar-refractivity contribution in [3.05, 3.63) is 101 Å². The molecule has 306 valence electrons. The van der Waals surface area contributed by atoms with Gasteiger partial charge in [0.15, 0.2) is 9.84 Å². The number of hydrogen-bond acceptors (Lipinski definition) is 6. The number of hydrogen-bond donors (Lipinski definition) is 0. The van der Waals surface area contributed by atoms with Gasteiger partial charge >= 0.3 is 24.1 Å². The molecule has 0 unspecified atom stereocenters. The fraction of sp³-hybridized carbons (Fsp3) is 0.475. The second-order valence-corrected chi connectivity index (χ2v) is 17.6. The summed E-state index contributed by atoms with van der Waals surface area (Å²) in [5.74, 6) is -3.33. The van der Waals surface area contributed by atoms with Crippen molar-refractivity contribution in [3.8, 4) is 0 Å². The number of alkyl halides is 7. The van der Waals surface area contributed by atoms with E-state index in [1.54, 1.807) is 6.92 Å². The summed E-state index contributed by atoms with van der Waals surface area (Å²) in [4.78, 5) is 43.2. The number of likely N-dealkylation sites (tertiary alicyclic amines) is 1. The highest BCUT2D eigenvalue weighted by Crippen LogP contribution is 2.57. The molecule has 2 saturated heterocycles. The Morgan fingerprint density at radius 3 is 2.18 bits per heavy atom.